The lowest BCUT2D eigenvalue weighted by atomic mass is 10.2. The second-order valence-corrected chi connectivity index (χ2v) is 10.1. The van der Waals surface area contributed by atoms with E-state index in [9.17, 15) is 18.5 Å². The molecule has 1 saturated carbocycles. The SMILES string of the molecule is CS(=O)(=O)c1ccc(Nc2cccc(N3CCN(CC4CC4)CC3)c2)c([N+](=O)[O-])c1. The molecule has 0 aromatic heterocycles. The fourth-order valence-corrected chi connectivity index (χ4v) is 4.43. The Morgan fingerprint density at radius 1 is 1.10 bits per heavy atom. The van der Waals surface area contributed by atoms with Crippen molar-refractivity contribution >= 4 is 32.6 Å². The first-order valence-corrected chi connectivity index (χ1v) is 12.0. The molecule has 8 nitrogen and oxygen atoms in total. The van der Waals surface area contributed by atoms with Crippen molar-refractivity contribution in [2.45, 2.75) is 17.7 Å². The van der Waals surface area contributed by atoms with Crippen LogP contribution in [0.15, 0.2) is 47.4 Å². The minimum Gasteiger partial charge on any atom is -0.369 e. The standard InChI is InChI=1S/C21H26N4O4S/c1-30(28,29)19-7-8-20(21(14-19)25(26)27)22-17-3-2-4-18(13-17)24-11-9-23(10-12-24)15-16-5-6-16/h2-4,7-8,13-14,16,22H,5-6,9-12,15H2,1H3. The molecule has 1 N–H and O–H groups in total. The summed E-state index contributed by atoms with van der Waals surface area (Å²) >= 11 is 0. The molecule has 30 heavy (non-hydrogen) atoms. The van der Waals surface area contributed by atoms with Gasteiger partial charge in [-0.15, -0.1) is 0 Å². The number of anilines is 3. The number of piperazine rings is 1. The molecule has 0 bridgehead atoms. The van der Waals surface area contributed by atoms with Crippen LogP contribution < -0.4 is 10.2 Å². The van der Waals surface area contributed by atoms with Gasteiger partial charge in [-0.25, -0.2) is 8.42 Å². The molecule has 0 amide bonds. The smallest absolute Gasteiger partial charge is 0.293 e. The summed E-state index contributed by atoms with van der Waals surface area (Å²) in [6.45, 7) is 5.22. The van der Waals surface area contributed by atoms with Gasteiger partial charge >= 0.3 is 0 Å². The van der Waals surface area contributed by atoms with Gasteiger partial charge in [-0.1, -0.05) is 6.07 Å². The quantitative estimate of drug-likeness (QED) is 0.532. The van der Waals surface area contributed by atoms with E-state index in [1.54, 1.807) is 0 Å². The molecule has 2 aromatic rings. The van der Waals surface area contributed by atoms with Crippen LogP contribution in [0.4, 0.5) is 22.7 Å². The van der Waals surface area contributed by atoms with E-state index in [4.69, 9.17) is 0 Å². The lowest BCUT2D eigenvalue weighted by molar-refractivity contribution is -0.384. The Hall–Kier alpha value is -2.65. The predicted octanol–water partition coefficient (Wildman–Crippen LogP) is 3.27. The fraction of sp³-hybridized carbons (Fsp3) is 0.429. The molecule has 0 radical (unpaired) electrons. The topological polar surface area (TPSA) is 95.8 Å². The Kier molecular flexibility index (Phi) is 5.66. The number of nitro benzene ring substituents is 1. The third-order valence-corrected chi connectivity index (χ3v) is 6.78. The molecule has 4 rings (SSSR count). The van der Waals surface area contributed by atoms with Crippen molar-refractivity contribution in [2.75, 3.05) is 49.2 Å². The molecule has 9 heteroatoms. The van der Waals surface area contributed by atoms with Crippen LogP contribution in [-0.4, -0.2) is 57.2 Å². The highest BCUT2D eigenvalue weighted by molar-refractivity contribution is 7.90. The van der Waals surface area contributed by atoms with Gasteiger partial charge in [0, 0.05) is 56.4 Å². The van der Waals surface area contributed by atoms with Crippen LogP contribution >= 0.6 is 0 Å². The summed E-state index contributed by atoms with van der Waals surface area (Å²) in [6, 6.07) is 11.7. The van der Waals surface area contributed by atoms with Gasteiger partial charge in [0.05, 0.1) is 9.82 Å². The van der Waals surface area contributed by atoms with Crippen molar-refractivity contribution in [2.24, 2.45) is 5.92 Å². The molecule has 2 aliphatic rings. The van der Waals surface area contributed by atoms with E-state index in [0.717, 1.165) is 55.8 Å². The highest BCUT2D eigenvalue weighted by Crippen LogP contribution is 2.32. The Morgan fingerprint density at radius 2 is 1.83 bits per heavy atom. The summed E-state index contributed by atoms with van der Waals surface area (Å²) in [4.78, 5) is 15.7. The first-order valence-electron chi connectivity index (χ1n) is 10.1. The second kappa shape index (κ2) is 8.23. The van der Waals surface area contributed by atoms with Crippen molar-refractivity contribution in [1.29, 1.82) is 0 Å². The van der Waals surface area contributed by atoms with Gasteiger partial charge in [-0.3, -0.25) is 15.0 Å². The van der Waals surface area contributed by atoms with Crippen LogP contribution in [0.5, 0.6) is 0 Å². The summed E-state index contributed by atoms with van der Waals surface area (Å²) in [6.07, 6.45) is 3.77. The molecule has 1 saturated heterocycles. The van der Waals surface area contributed by atoms with E-state index >= 15 is 0 Å². The van der Waals surface area contributed by atoms with Gasteiger partial charge in [-0.2, -0.15) is 0 Å². The van der Waals surface area contributed by atoms with E-state index in [2.05, 4.69) is 15.1 Å². The molecule has 0 atom stereocenters. The highest BCUT2D eigenvalue weighted by Gasteiger charge is 2.26. The van der Waals surface area contributed by atoms with Gasteiger partial charge < -0.3 is 10.2 Å². The number of nitrogens with zero attached hydrogens (tertiary/aromatic N) is 3. The van der Waals surface area contributed by atoms with Crippen LogP contribution in [0.2, 0.25) is 0 Å². The summed E-state index contributed by atoms with van der Waals surface area (Å²) in [5, 5.41) is 14.6. The van der Waals surface area contributed by atoms with Crippen molar-refractivity contribution in [3.8, 4) is 0 Å². The van der Waals surface area contributed by atoms with Crippen LogP contribution in [0.3, 0.4) is 0 Å². The molecule has 1 aliphatic heterocycles. The maximum absolute atomic E-state index is 11.7. The normalized spacial score (nSPS) is 17.7. The summed E-state index contributed by atoms with van der Waals surface area (Å²) < 4.78 is 23.5. The Bertz CT molecular complexity index is 1040. The predicted molar refractivity (Wildman–Crippen MR) is 117 cm³/mol. The van der Waals surface area contributed by atoms with Gasteiger partial charge in [-0.05, 0) is 49.1 Å². The van der Waals surface area contributed by atoms with E-state index in [-0.39, 0.29) is 16.3 Å². The third-order valence-electron chi connectivity index (χ3n) is 5.67. The maximum Gasteiger partial charge on any atom is 0.293 e. The molecular weight excluding hydrogens is 404 g/mol. The summed E-state index contributed by atoms with van der Waals surface area (Å²) in [5.41, 5.74) is 1.79. The van der Waals surface area contributed by atoms with Gasteiger partial charge in [0.15, 0.2) is 9.84 Å². The van der Waals surface area contributed by atoms with E-state index in [0.29, 0.717) is 0 Å². The van der Waals surface area contributed by atoms with Gasteiger partial charge in [0.25, 0.3) is 5.69 Å². The minimum absolute atomic E-state index is 0.0717. The fourth-order valence-electron chi connectivity index (χ4n) is 3.79. The monoisotopic (exact) mass is 430 g/mol. The molecule has 2 aromatic carbocycles. The lowest BCUT2D eigenvalue weighted by Crippen LogP contribution is -2.47. The molecule has 0 unspecified atom stereocenters. The van der Waals surface area contributed by atoms with E-state index in [1.165, 1.54) is 31.5 Å². The highest BCUT2D eigenvalue weighted by atomic mass is 32.2. The number of sulfone groups is 1. The summed E-state index contributed by atoms with van der Waals surface area (Å²) in [5.74, 6) is 0.897. The molecule has 2 fully saturated rings. The summed E-state index contributed by atoms with van der Waals surface area (Å²) in [7, 11) is -3.52. The molecule has 0 spiro atoms. The zero-order valence-corrected chi connectivity index (χ0v) is 17.8. The lowest BCUT2D eigenvalue weighted by Gasteiger charge is -2.36. The number of nitrogens with one attached hydrogen (secondary N) is 1. The number of nitro groups is 1. The van der Waals surface area contributed by atoms with Crippen LogP contribution in [0, 0.1) is 16.0 Å². The van der Waals surface area contributed by atoms with E-state index in [1.807, 2.05) is 24.3 Å². The zero-order chi connectivity index (χ0) is 21.3. The van der Waals surface area contributed by atoms with Gasteiger partial charge in [0.1, 0.15) is 5.69 Å². The van der Waals surface area contributed by atoms with Crippen molar-refractivity contribution in [3.63, 3.8) is 0 Å². The zero-order valence-electron chi connectivity index (χ0n) is 17.0. The van der Waals surface area contributed by atoms with Crippen LogP contribution in [-0.2, 0) is 9.84 Å². The van der Waals surface area contributed by atoms with Crippen molar-refractivity contribution in [3.05, 3.63) is 52.6 Å². The number of hydrogen-bond donors (Lipinski definition) is 1. The molecule has 1 aliphatic carbocycles. The van der Waals surface area contributed by atoms with Gasteiger partial charge in [0.2, 0.25) is 0 Å². The first-order chi connectivity index (χ1) is 14.3. The van der Waals surface area contributed by atoms with Crippen LogP contribution in [0.1, 0.15) is 12.8 Å². The Morgan fingerprint density at radius 3 is 2.47 bits per heavy atom. The van der Waals surface area contributed by atoms with Crippen molar-refractivity contribution in [1.82, 2.24) is 4.90 Å². The third kappa shape index (κ3) is 4.91. The first kappa shape index (κ1) is 20.6. The Balaban J connectivity index is 1.49. The van der Waals surface area contributed by atoms with E-state index < -0.39 is 14.8 Å². The number of rotatable bonds is 7. The number of hydrogen-bond acceptors (Lipinski definition) is 7. The minimum atomic E-state index is -3.52. The second-order valence-electron chi connectivity index (χ2n) is 8.11. The van der Waals surface area contributed by atoms with Crippen LogP contribution in [0.25, 0.3) is 0 Å². The number of benzene rings is 2. The molecule has 1 heterocycles. The molecule has 160 valence electrons. The Labute approximate surface area is 176 Å². The average molecular weight is 431 g/mol. The maximum atomic E-state index is 11.7. The molecular formula is C21H26N4O4S. The van der Waals surface area contributed by atoms with Crippen molar-refractivity contribution < 1.29 is 13.3 Å². The average Bonchev–Trinajstić information content (AvgIpc) is 3.52. The largest absolute Gasteiger partial charge is 0.369 e.